The minimum atomic E-state index is -0.213. The van der Waals surface area contributed by atoms with E-state index in [-0.39, 0.29) is 30.0 Å². The molecule has 3 unspecified atom stereocenters. The molecular weight excluding hydrogens is 344 g/mol. The van der Waals surface area contributed by atoms with Crippen LogP contribution in [0.5, 0.6) is 0 Å². The van der Waals surface area contributed by atoms with Gasteiger partial charge in [-0.1, -0.05) is 30.3 Å². The van der Waals surface area contributed by atoms with E-state index in [9.17, 15) is 4.79 Å². The second-order valence-corrected chi connectivity index (χ2v) is 7.90. The molecular formula is C20H30N4O3. The molecule has 0 saturated carbocycles. The van der Waals surface area contributed by atoms with Gasteiger partial charge in [-0.15, -0.1) is 0 Å². The predicted octanol–water partition coefficient (Wildman–Crippen LogP) is 0.274. The second-order valence-electron chi connectivity index (χ2n) is 7.90. The Morgan fingerprint density at radius 2 is 2.15 bits per heavy atom. The van der Waals surface area contributed by atoms with Gasteiger partial charge in [0, 0.05) is 25.1 Å². The molecule has 7 nitrogen and oxygen atoms in total. The van der Waals surface area contributed by atoms with Crippen molar-refractivity contribution >= 4 is 5.91 Å². The van der Waals surface area contributed by atoms with Gasteiger partial charge in [-0.25, -0.2) is 5.43 Å². The summed E-state index contributed by atoms with van der Waals surface area (Å²) in [7, 11) is 2.12. The molecule has 3 N–H and O–H groups in total. The van der Waals surface area contributed by atoms with Crippen molar-refractivity contribution in [1.29, 1.82) is 0 Å². The summed E-state index contributed by atoms with van der Waals surface area (Å²) in [5.74, 6) is 0.325. The molecule has 5 atom stereocenters. The van der Waals surface area contributed by atoms with Gasteiger partial charge in [0.1, 0.15) is 6.04 Å². The average Bonchev–Trinajstić information content (AvgIpc) is 3.11. The quantitative estimate of drug-likeness (QED) is 0.687. The van der Waals surface area contributed by atoms with Gasteiger partial charge in [0.05, 0.1) is 25.4 Å². The van der Waals surface area contributed by atoms with E-state index in [1.54, 1.807) is 0 Å². The Bertz CT molecular complexity index is 629. The number of fused-ring (bicyclic) bond motifs is 1. The van der Waals surface area contributed by atoms with Crippen molar-refractivity contribution in [2.24, 2.45) is 5.92 Å². The third-order valence-corrected chi connectivity index (χ3v) is 5.92. The molecule has 4 rings (SSSR count). The summed E-state index contributed by atoms with van der Waals surface area (Å²) in [5, 5.41) is 3.19. The Morgan fingerprint density at radius 1 is 1.30 bits per heavy atom. The zero-order valence-corrected chi connectivity index (χ0v) is 15.9. The van der Waals surface area contributed by atoms with E-state index < -0.39 is 0 Å². The minimum Gasteiger partial charge on any atom is -0.379 e. The summed E-state index contributed by atoms with van der Waals surface area (Å²) in [6.07, 6.45) is 1.83. The molecule has 3 fully saturated rings. The normalized spacial score (nSPS) is 34.2. The molecule has 1 aromatic rings. The predicted molar refractivity (Wildman–Crippen MR) is 102 cm³/mol. The summed E-state index contributed by atoms with van der Waals surface area (Å²) in [5.41, 5.74) is 7.66. The van der Waals surface area contributed by atoms with E-state index in [0.717, 1.165) is 31.5 Å². The van der Waals surface area contributed by atoms with Crippen molar-refractivity contribution in [2.45, 2.75) is 43.7 Å². The van der Waals surface area contributed by atoms with Crippen LogP contribution in [0.4, 0.5) is 0 Å². The van der Waals surface area contributed by atoms with E-state index in [0.29, 0.717) is 25.9 Å². The van der Waals surface area contributed by atoms with Crippen LogP contribution in [0.3, 0.4) is 0 Å². The Kier molecular flexibility index (Phi) is 6.04. The summed E-state index contributed by atoms with van der Waals surface area (Å²) in [4.78, 5) is 15.2. The van der Waals surface area contributed by atoms with Crippen LogP contribution in [0.2, 0.25) is 0 Å². The third-order valence-electron chi connectivity index (χ3n) is 5.92. The SMILES string of the molecule is CN1CCC2NNC(C(=O)N[C@@H]3COCC[C@@H]3OCc3ccccc3)C2C1. The van der Waals surface area contributed by atoms with E-state index in [1.807, 2.05) is 18.2 Å². The van der Waals surface area contributed by atoms with E-state index in [2.05, 4.69) is 40.2 Å². The molecule has 7 heteroatoms. The van der Waals surface area contributed by atoms with Crippen molar-refractivity contribution in [3.63, 3.8) is 0 Å². The van der Waals surface area contributed by atoms with Crippen molar-refractivity contribution in [3.05, 3.63) is 35.9 Å². The number of hydrogen-bond acceptors (Lipinski definition) is 6. The third kappa shape index (κ3) is 4.50. The fourth-order valence-electron chi connectivity index (χ4n) is 4.34. The minimum absolute atomic E-state index is 0.0258. The van der Waals surface area contributed by atoms with Crippen LogP contribution in [-0.2, 0) is 20.9 Å². The molecule has 0 spiro atoms. The first-order valence-electron chi connectivity index (χ1n) is 9.94. The van der Waals surface area contributed by atoms with Gasteiger partial charge in [0.2, 0.25) is 5.91 Å². The number of carbonyl (C=O) groups excluding carboxylic acids is 1. The second kappa shape index (κ2) is 8.67. The number of piperidine rings is 1. The van der Waals surface area contributed by atoms with E-state index >= 15 is 0 Å². The molecule has 1 amide bonds. The summed E-state index contributed by atoms with van der Waals surface area (Å²) in [6, 6.07) is 10.2. The smallest absolute Gasteiger partial charge is 0.239 e. The summed E-state index contributed by atoms with van der Waals surface area (Å²) in [6.45, 7) is 3.72. The molecule has 3 aliphatic heterocycles. The van der Waals surface area contributed by atoms with Gasteiger partial charge >= 0.3 is 0 Å². The number of hydrazine groups is 1. The first-order valence-corrected chi connectivity index (χ1v) is 9.94. The maximum atomic E-state index is 13.0. The van der Waals surface area contributed by atoms with E-state index in [1.165, 1.54) is 0 Å². The lowest BCUT2D eigenvalue weighted by molar-refractivity contribution is -0.129. The average molecular weight is 374 g/mol. The number of nitrogens with one attached hydrogen (secondary N) is 3. The molecule has 148 valence electrons. The molecule has 3 heterocycles. The van der Waals surface area contributed by atoms with Crippen LogP contribution in [0.15, 0.2) is 30.3 Å². The van der Waals surface area contributed by atoms with Gasteiger partial charge in [-0.05, 0) is 32.0 Å². The lowest BCUT2D eigenvalue weighted by atomic mass is 9.88. The van der Waals surface area contributed by atoms with Gasteiger partial charge in [-0.2, -0.15) is 0 Å². The number of carbonyl (C=O) groups is 1. The van der Waals surface area contributed by atoms with Crippen LogP contribution in [0, 0.1) is 5.92 Å². The molecule has 0 radical (unpaired) electrons. The Hall–Kier alpha value is -1.51. The highest BCUT2D eigenvalue weighted by atomic mass is 16.5. The Balaban J connectivity index is 1.34. The van der Waals surface area contributed by atoms with Crippen LogP contribution >= 0.6 is 0 Å². The van der Waals surface area contributed by atoms with E-state index in [4.69, 9.17) is 9.47 Å². The molecule has 1 aromatic carbocycles. The van der Waals surface area contributed by atoms with Crippen molar-refractivity contribution < 1.29 is 14.3 Å². The van der Waals surface area contributed by atoms with Gasteiger partial charge in [0.15, 0.2) is 0 Å². The lowest BCUT2D eigenvalue weighted by Gasteiger charge is -2.35. The largest absolute Gasteiger partial charge is 0.379 e. The molecule has 27 heavy (non-hydrogen) atoms. The first-order chi connectivity index (χ1) is 13.2. The molecule has 3 aliphatic rings. The molecule has 0 aromatic heterocycles. The highest BCUT2D eigenvalue weighted by Crippen LogP contribution is 2.24. The van der Waals surface area contributed by atoms with Crippen molar-refractivity contribution in [2.75, 3.05) is 33.4 Å². The maximum Gasteiger partial charge on any atom is 0.239 e. The van der Waals surface area contributed by atoms with Gasteiger partial charge in [0.25, 0.3) is 0 Å². The zero-order valence-electron chi connectivity index (χ0n) is 15.9. The summed E-state index contributed by atoms with van der Waals surface area (Å²) >= 11 is 0. The van der Waals surface area contributed by atoms with Crippen LogP contribution in [-0.4, -0.2) is 68.4 Å². The summed E-state index contributed by atoms with van der Waals surface area (Å²) < 4.78 is 11.7. The highest BCUT2D eigenvalue weighted by Gasteiger charge is 2.43. The van der Waals surface area contributed by atoms with Crippen molar-refractivity contribution in [1.82, 2.24) is 21.1 Å². The van der Waals surface area contributed by atoms with Crippen LogP contribution < -0.4 is 16.2 Å². The number of hydrogen-bond donors (Lipinski definition) is 3. The number of rotatable bonds is 5. The lowest BCUT2D eigenvalue weighted by Crippen LogP contribution is -2.56. The first kappa shape index (κ1) is 18.8. The number of ether oxygens (including phenoxy) is 2. The fraction of sp³-hybridized carbons (Fsp3) is 0.650. The van der Waals surface area contributed by atoms with Crippen LogP contribution in [0.25, 0.3) is 0 Å². The van der Waals surface area contributed by atoms with Crippen LogP contribution in [0.1, 0.15) is 18.4 Å². The number of amides is 1. The maximum absolute atomic E-state index is 13.0. The number of nitrogens with zero attached hydrogens (tertiary/aromatic N) is 1. The number of likely N-dealkylation sites (tertiary alicyclic amines) is 1. The molecule has 0 aliphatic carbocycles. The van der Waals surface area contributed by atoms with Crippen molar-refractivity contribution in [3.8, 4) is 0 Å². The molecule has 3 saturated heterocycles. The number of benzene rings is 1. The Morgan fingerprint density at radius 3 is 3.00 bits per heavy atom. The Labute approximate surface area is 160 Å². The highest BCUT2D eigenvalue weighted by molar-refractivity contribution is 5.83. The standard InChI is InChI=1S/C20H30N4O3/c1-24-9-7-16-15(11-24)19(23-22-16)20(25)21-17-13-26-10-8-18(17)27-12-14-5-3-2-4-6-14/h2-6,15-19,22-23H,7-13H2,1H3,(H,21,25)/t15?,16?,17-,18+,19?/m1/s1. The van der Waals surface area contributed by atoms with Gasteiger partial charge < -0.3 is 19.7 Å². The zero-order chi connectivity index (χ0) is 18.6. The fourth-order valence-corrected chi connectivity index (χ4v) is 4.34. The topological polar surface area (TPSA) is 74.9 Å². The van der Waals surface area contributed by atoms with Gasteiger partial charge in [-0.3, -0.25) is 10.2 Å². The molecule has 0 bridgehead atoms. The monoisotopic (exact) mass is 374 g/mol.